The van der Waals surface area contributed by atoms with Gasteiger partial charge in [-0.15, -0.1) is 0 Å². The van der Waals surface area contributed by atoms with Gasteiger partial charge < -0.3 is 5.11 Å². The van der Waals surface area contributed by atoms with Gasteiger partial charge in [-0.25, -0.2) is 4.79 Å². The molecule has 0 aliphatic rings. The van der Waals surface area contributed by atoms with Crippen molar-refractivity contribution >= 4 is 6.09 Å². The van der Waals surface area contributed by atoms with Crippen LogP contribution in [0.25, 0.3) is 0 Å². The maximum Gasteiger partial charge on any atom is 0.432 e. The van der Waals surface area contributed by atoms with E-state index in [-0.39, 0.29) is 16.8 Å². The zero-order valence-electron chi connectivity index (χ0n) is 4.32. The van der Waals surface area contributed by atoms with Gasteiger partial charge in [0.25, 0.3) is 0 Å². The van der Waals surface area contributed by atoms with Crippen LogP contribution in [0.5, 0.6) is 0 Å². The molecule has 0 amide bonds. The normalized spacial score (nSPS) is 8.00. The quantitative estimate of drug-likeness (QED) is 0.614. The molecule has 0 aliphatic heterocycles. The van der Waals surface area contributed by atoms with Crippen LogP contribution in [0.2, 0.25) is 0 Å². The van der Waals surface area contributed by atoms with Crippen LogP contribution in [0, 0.1) is 0 Å². The van der Waals surface area contributed by atoms with Crippen molar-refractivity contribution in [3.05, 3.63) is 18.5 Å². The molecule has 0 saturated carbocycles. The van der Waals surface area contributed by atoms with Gasteiger partial charge >= 0.3 is 6.09 Å². The van der Waals surface area contributed by atoms with Crippen molar-refractivity contribution in [3.8, 4) is 0 Å². The van der Waals surface area contributed by atoms with E-state index in [9.17, 15) is 4.79 Å². The van der Waals surface area contributed by atoms with Gasteiger partial charge in [0.2, 0.25) is 0 Å². The number of hydrogen-bond donors (Lipinski definition) is 1. The molecule has 4 nitrogen and oxygen atoms in total. The zero-order valence-corrected chi connectivity index (χ0v) is 5.36. The summed E-state index contributed by atoms with van der Waals surface area (Å²) in [6.07, 6.45) is 1.71. The Labute approximate surface area is 61.7 Å². The van der Waals surface area contributed by atoms with Gasteiger partial charge in [0.15, 0.2) is 0 Å². The first-order chi connectivity index (χ1) is 3.80. The largest absolute Gasteiger partial charge is 0.463 e. The fourth-order valence-corrected chi connectivity index (χ4v) is 0.382. The van der Waals surface area contributed by atoms with Gasteiger partial charge in [-0.3, -0.25) is 0 Å². The Kier molecular flexibility index (Phi) is 2.96. The topological polar surface area (TPSA) is 55.1 Å². The van der Waals surface area contributed by atoms with E-state index < -0.39 is 6.09 Å². The summed E-state index contributed by atoms with van der Waals surface area (Å²) in [7, 11) is 0. The van der Waals surface area contributed by atoms with Crippen LogP contribution in [-0.4, -0.2) is 21.0 Å². The first-order valence-corrected chi connectivity index (χ1v) is 2.03. The predicted octanol–water partition coefficient (Wildman–Crippen LogP) is 0.407. The maximum atomic E-state index is 9.96. The van der Waals surface area contributed by atoms with E-state index in [1.165, 1.54) is 12.4 Å². The van der Waals surface area contributed by atoms with Crippen LogP contribution in [0.15, 0.2) is 18.5 Å². The number of carboxylic acid groups (broad SMARTS) is 1. The Hall–Kier alpha value is -0.814. The third kappa shape index (κ3) is 1.86. The SMILES string of the molecule is O=C(O)n1cccn1.[Co]. The van der Waals surface area contributed by atoms with Crippen LogP contribution in [-0.2, 0) is 16.8 Å². The first kappa shape index (κ1) is 8.19. The third-order valence-corrected chi connectivity index (χ3v) is 0.700. The van der Waals surface area contributed by atoms with Gasteiger partial charge in [0, 0.05) is 29.2 Å². The van der Waals surface area contributed by atoms with Crippen LogP contribution in [0.1, 0.15) is 0 Å². The molecule has 0 aromatic carbocycles. The molecule has 1 heterocycles. The molecular weight excluding hydrogens is 167 g/mol. The van der Waals surface area contributed by atoms with Gasteiger partial charge in [-0.05, 0) is 6.07 Å². The Morgan fingerprint density at radius 1 is 1.67 bits per heavy atom. The summed E-state index contributed by atoms with van der Waals surface area (Å²) in [4.78, 5) is 9.96. The molecule has 0 fully saturated rings. The molecule has 0 bridgehead atoms. The molecular formula is C4H4CoN2O2. The van der Waals surface area contributed by atoms with Gasteiger partial charge in [0.05, 0.1) is 0 Å². The van der Waals surface area contributed by atoms with Crippen molar-refractivity contribution < 1.29 is 26.7 Å². The van der Waals surface area contributed by atoms with E-state index in [1.54, 1.807) is 6.07 Å². The van der Waals surface area contributed by atoms with E-state index in [1.807, 2.05) is 0 Å². The summed E-state index contributed by atoms with van der Waals surface area (Å²) in [5.74, 6) is 0. The molecule has 9 heavy (non-hydrogen) atoms. The van der Waals surface area contributed by atoms with E-state index >= 15 is 0 Å². The van der Waals surface area contributed by atoms with Gasteiger partial charge in [0.1, 0.15) is 0 Å². The molecule has 0 atom stereocenters. The number of carbonyl (C=O) groups is 1. The Bertz CT molecular complexity index is 184. The molecule has 1 N–H and O–H groups in total. The van der Waals surface area contributed by atoms with Crippen molar-refractivity contribution in [1.82, 2.24) is 9.78 Å². The number of nitrogens with zero attached hydrogens (tertiary/aromatic N) is 2. The summed E-state index contributed by atoms with van der Waals surface area (Å²) in [5.41, 5.74) is 0. The van der Waals surface area contributed by atoms with E-state index in [4.69, 9.17) is 5.11 Å². The third-order valence-electron chi connectivity index (χ3n) is 0.700. The summed E-state index contributed by atoms with van der Waals surface area (Å²) in [6.45, 7) is 0. The summed E-state index contributed by atoms with van der Waals surface area (Å²) < 4.78 is 0.833. The molecule has 0 aliphatic carbocycles. The van der Waals surface area contributed by atoms with Crippen LogP contribution in [0.4, 0.5) is 4.79 Å². The fourth-order valence-electron chi connectivity index (χ4n) is 0.382. The van der Waals surface area contributed by atoms with E-state index in [0.29, 0.717) is 0 Å². The van der Waals surface area contributed by atoms with Crippen LogP contribution >= 0.6 is 0 Å². The predicted molar refractivity (Wildman–Crippen MR) is 25.6 cm³/mol. The Morgan fingerprint density at radius 2 is 2.33 bits per heavy atom. The number of rotatable bonds is 0. The molecule has 1 aromatic rings. The Morgan fingerprint density at radius 3 is 2.56 bits per heavy atom. The van der Waals surface area contributed by atoms with Crippen molar-refractivity contribution in [1.29, 1.82) is 0 Å². The van der Waals surface area contributed by atoms with Crippen LogP contribution in [0.3, 0.4) is 0 Å². The molecule has 5 heteroatoms. The number of hydrogen-bond acceptors (Lipinski definition) is 2. The molecule has 1 rings (SSSR count). The minimum atomic E-state index is -1.06. The summed E-state index contributed by atoms with van der Waals surface area (Å²) in [6, 6.07) is 1.55. The second-order valence-corrected chi connectivity index (χ2v) is 1.23. The molecule has 0 unspecified atom stereocenters. The average molecular weight is 171 g/mol. The molecule has 0 spiro atoms. The molecule has 1 radical (unpaired) electrons. The monoisotopic (exact) mass is 171 g/mol. The van der Waals surface area contributed by atoms with E-state index in [2.05, 4.69) is 5.10 Å². The minimum Gasteiger partial charge on any atom is -0.463 e. The van der Waals surface area contributed by atoms with E-state index in [0.717, 1.165) is 4.68 Å². The first-order valence-electron chi connectivity index (χ1n) is 2.03. The smallest absolute Gasteiger partial charge is 0.432 e. The van der Waals surface area contributed by atoms with Crippen molar-refractivity contribution in [2.24, 2.45) is 0 Å². The van der Waals surface area contributed by atoms with Crippen molar-refractivity contribution in [3.63, 3.8) is 0 Å². The minimum absolute atomic E-state index is 0. The summed E-state index contributed by atoms with van der Waals surface area (Å²) in [5, 5.41) is 11.6. The average Bonchev–Trinajstić information content (AvgIpc) is 2.12. The fraction of sp³-hybridized carbons (Fsp3) is 0. The second kappa shape index (κ2) is 3.26. The Balaban J connectivity index is 0.000000640. The summed E-state index contributed by atoms with van der Waals surface area (Å²) >= 11 is 0. The zero-order chi connectivity index (χ0) is 5.98. The molecule has 51 valence electrons. The van der Waals surface area contributed by atoms with Gasteiger partial charge in [-0.2, -0.15) is 9.78 Å². The van der Waals surface area contributed by atoms with Crippen LogP contribution < -0.4 is 0 Å². The van der Waals surface area contributed by atoms with Gasteiger partial charge in [-0.1, -0.05) is 0 Å². The second-order valence-electron chi connectivity index (χ2n) is 1.23. The number of aromatic nitrogens is 2. The van der Waals surface area contributed by atoms with Crippen molar-refractivity contribution in [2.75, 3.05) is 0 Å². The molecule has 0 saturated heterocycles. The maximum absolute atomic E-state index is 9.96. The van der Waals surface area contributed by atoms with Crippen molar-refractivity contribution in [2.45, 2.75) is 0 Å². The standard InChI is InChI=1S/C4H4N2O2.Co/c7-4(8)6-3-1-2-5-6;/h1-3H,(H,7,8);. The molecule has 1 aromatic heterocycles.